The molecule has 0 unspecified atom stereocenters. The minimum atomic E-state index is -0.254. The SMILES string of the molecule is COc1c2cc(C(C)(C)C)cc1Cc1cc(C(C)(C)C)cc(c1OCCCCNC(=S)Nc1ccccc1)Cc1cc(C(C)(C)C)cc(c1OC)Cc1cc(C(C)(C)C)cc(c1OCCCCNC(=S)Nc1ccccc1)Cc1cc(C(C)(C)C)cc(c1OC)Cc1cc(C(C)(C)C)cc(c1OCCCCNC(=S)Nc1ccccc1)C2. The van der Waals surface area contributed by atoms with Gasteiger partial charge in [-0.05, 0) is 244 Å². The Hall–Kier alpha value is -9.15. The van der Waals surface area contributed by atoms with E-state index in [0.717, 1.165) is 157 Å². The normalized spacial score (nSPS) is 12.8. The van der Waals surface area contributed by atoms with Crippen LogP contribution in [0.2, 0.25) is 0 Å². The van der Waals surface area contributed by atoms with Crippen LogP contribution in [0.25, 0.3) is 0 Å². The summed E-state index contributed by atoms with van der Waals surface area (Å²) in [4.78, 5) is 0. The molecule has 1 aliphatic rings. The van der Waals surface area contributed by atoms with Gasteiger partial charge in [0.05, 0.1) is 41.2 Å². The first-order valence-electron chi connectivity index (χ1n) is 42.1. The van der Waals surface area contributed by atoms with Crippen LogP contribution < -0.4 is 60.3 Å². The van der Waals surface area contributed by atoms with E-state index in [1.54, 1.807) is 0 Å². The van der Waals surface area contributed by atoms with Gasteiger partial charge >= 0.3 is 0 Å². The first-order valence-corrected chi connectivity index (χ1v) is 43.4. The second-order valence-electron chi connectivity index (χ2n) is 37.8. The molecule has 6 N–H and O–H groups in total. The van der Waals surface area contributed by atoms with Crippen LogP contribution in [0.15, 0.2) is 164 Å². The molecule has 0 fully saturated rings. The molecule has 0 spiro atoms. The molecule has 624 valence electrons. The van der Waals surface area contributed by atoms with E-state index in [1.807, 2.05) is 112 Å². The van der Waals surface area contributed by atoms with Crippen LogP contribution in [-0.2, 0) is 71.0 Å². The summed E-state index contributed by atoms with van der Waals surface area (Å²) >= 11 is 17.4. The Kier molecular flexibility index (Phi) is 30.5. The molecule has 12 bridgehead atoms. The van der Waals surface area contributed by atoms with E-state index in [2.05, 4.69) is 229 Å². The Morgan fingerprint density at radius 2 is 0.427 bits per heavy atom. The summed E-state index contributed by atoms with van der Waals surface area (Å²) in [6.45, 7) is 45.2. The Morgan fingerprint density at radius 1 is 0.256 bits per heavy atom. The number of methoxy groups -OCH3 is 3. The van der Waals surface area contributed by atoms with Crippen LogP contribution in [0.4, 0.5) is 17.1 Å². The van der Waals surface area contributed by atoms with Crippen LogP contribution in [0.1, 0.15) is 263 Å². The third-order valence-corrected chi connectivity index (χ3v) is 22.7. The van der Waals surface area contributed by atoms with Crippen LogP contribution in [0, 0.1) is 0 Å². The minimum Gasteiger partial charge on any atom is -0.496 e. The van der Waals surface area contributed by atoms with Crippen molar-refractivity contribution in [3.8, 4) is 34.5 Å². The highest BCUT2D eigenvalue weighted by atomic mass is 32.1. The molecule has 9 aromatic rings. The van der Waals surface area contributed by atoms with E-state index in [1.165, 1.54) is 33.4 Å². The van der Waals surface area contributed by atoms with E-state index in [-0.39, 0.29) is 32.5 Å². The van der Waals surface area contributed by atoms with Crippen molar-refractivity contribution in [3.63, 3.8) is 0 Å². The maximum atomic E-state index is 7.49. The third-order valence-electron chi connectivity index (χ3n) is 22.0. The first kappa shape index (κ1) is 90.2. The summed E-state index contributed by atoms with van der Waals surface area (Å²) in [7, 11) is 5.53. The lowest BCUT2D eigenvalue weighted by Crippen LogP contribution is -2.29. The fraction of sp³-hybridized carbons (Fsp3) is 0.441. The average Bonchev–Trinajstić information content (AvgIpc) is 0.769. The second-order valence-corrected chi connectivity index (χ2v) is 39.0. The highest BCUT2D eigenvalue weighted by Gasteiger charge is 2.32. The lowest BCUT2D eigenvalue weighted by atomic mass is 9.79. The molecule has 0 radical (unpaired) electrons. The third kappa shape index (κ3) is 25.2. The fourth-order valence-electron chi connectivity index (χ4n) is 15.2. The zero-order valence-corrected chi connectivity index (χ0v) is 76.4. The summed E-state index contributed by atoms with van der Waals surface area (Å²) in [6.07, 6.45) is 8.03. The van der Waals surface area contributed by atoms with Crippen LogP contribution >= 0.6 is 36.7 Å². The van der Waals surface area contributed by atoms with Crippen LogP contribution in [-0.4, -0.2) is 76.1 Å². The highest BCUT2D eigenvalue weighted by molar-refractivity contribution is 7.80. The molecular weight excluding hydrogens is 1500 g/mol. The molecule has 10 rings (SSSR count). The molecule has 0 aromatic heterocycles. The predicted octanol–water partition coefficient (Wildman–Crippen LogP) is 23.8. The van der Waals surface area contributed by atoms with Crippen LogP contribution in [0.5, 0.6) is 34.5 Å². The number of hydrogen-bond acceptors (Lipinski definition) is 9. The molecule has 9 aromatic carbocycles. The van der Waals surface area contributed by atoms with Gasteiger partial charge in [0.25, 0.3) is 0 Å². The van der Waals surface area contributed by atoms with Gasteiger partial charge in [0.2, 0.25) is 0 Å². The lowest BCUT2D eigenvalue weighted by Gasteiger charge is -2.29. The van der Waals surface area contributed by atoms with E-state index in [4.69, 9.17) is 65.1 Å². The number of hydrogen-bond donors (Lipinski definition) is 6. The fourth-order valence-corrected chi connectivity index (χ4v) is 15.8. The maximum absolute atomic E-state index is 7.49. The molecule has 0 aliphatic heterocycles. The van der Waals surface area contributed by atoms with Crippen molar-refractivity contribution >= 4 is 69.1 Å². The molecule has 15 heteroatoms. The van der Waals surface area contributed by atoms with Gasteiger partial charge in [-0.2, -0.15) is 0 Å². The molecule has 0 saturated carbocycles. The molecule has 1 aliphatic carbocycles. The van der Waals surface area contributed by atoms with Crippen molar-refractivity contribution in [2.45, 2.75) is 234 Å². The van der Waals surface area contributed by atoms with Gasteiger partial charge in [0.15, 0.2) is 15.3 Å². The van der Waals surface area contributed by atoms with Crippen molar-refractivity contribution < 1.29 is 28.4 Å². The number of unbranched alkanes of at least 4 members (excludes halogenated alkanes) is 3. The summed E-state index contributed by atoms with van der Waals surface area (Å²) < 4.78 is 43.3. The quantitative estimate of drug-likeness (QED) is 0.0254. The predicted molar refractivity (Wildman–Crippen MR) is 504 cm³/mol. The number of para-hydroxylation sites is 3. The number of rotatable bonds is 24. The Bertz CT molecular complexity index is 4250. The van der Waals surface area contributed by atoms with Gasteiger partial charge < -0.3 is 60.3 Å². The lowest BCUT2D eigenvalue weighted by molar-refractivity contribution is 0.301. The topological polar surface area (TPSA) is 128 Å². The second kappa shape index (κ2) is 39.6. The molecule has 0 heterocycles. The molecule has 0 atom stereocenters. The standard InChI is InChI=1S/C102H132N6O6S3/c1-97(2,3)79-55-67-49-73-61-82(100(10,11)12)63-75(91(73)112-46-34-31-43-103-94(115)106-85-37-25-22-26-38-85)51-69-57-80(98(4,5)6)59-71(89(69)110-20)53-77-65-84(102(16,17)18)66-78(93(77)114-48-36-33-45-105-96(117)108-87-41-29-24-30-42-87)54-72-60-81(99(7,8)9)58-70(90(72)111-21)52-76-64-83(101(13,14)15)62-74(50-68(56-79)88(67)109-19)92(76)113-47-35-32-44-104-95(116)107-86-39-27-23-28-40-86/h22-30,37-42,55-66H,31-36,43-54H2,1-21H3,(H2,103,106,115)(H2,104,107,116)(H2,105,108,117). The van der Waals surface area contributed by atoms with Gasteiger partial charge in [0, 0.05) is 75.2 Å². The molecular formula is C102H132N6O6S3. The monoisotopic (exact) mass is 1630 g/mol. The highest BCUT2D eigenvalue weighted by Crippen LogP contribution is 2.47. The van der Waals surface area contributed by atoms with Crippen molar-refractivity contribution in [1.29, 1.82) is 0 Å². The van der Waals surface area contributed by atoms with Gasteiger partial charge in [-0.25, -0.2) is 0 Å². The molecule has 0 amide bonds. The zero-order chi connectivity index (χ0) is 84.6. The van der Waals surface area contributed by atoms with Crippen LogP contribution in [0.3, 0.4) is 0 Å². The Balaban J connectivity index is 1.20. The smallest absolute Gasteiger partial charge is 0.170 e. The van der Waals surface area contributed by atoms with E-state index in [0.29, 0.717) is 93.3 Å². The molecule has 12 nitrogen and oxygen atoms in total. The summed E-state index contributed by atoms with van der Waals surface area (Å²) in [6, 6.07) is 59.0. The molecule has 117 heavy (non-hydrogen) atoms. The largest absolute Gasteiger partial charge is 0.496 e. The number of ether oxygens (including phenoxy) is 6. The van der Waals surface area contributed by atoms with E-state index in [9.17, 15) is 0 Å². The van der Waals surface area contributed by atoms with Crippen molar-refractivity contribution in [2.24, 2.45) is 0 Å². The first-order chi connectivity index (χ1) is 55.4. The van der Waals surface area contributed by atoms with Crippen molar-refractivity contribution in [1.82, 2.24) is 16.0 Å². The zero-order valence-electron chi connectivity index (χ0n) is 74.0. The number of benzene rings is 9. The van der Waals surface area contributed by atoms with Gasteiger partial charge in [-0.3, -0.25) is 0 Å². The summed E-state index contributed by atoms with van der Waals surface area (Å²) in [5, 5.41) is 22.2. The number of thiocarbonyl (C=S) groups is 3. The van der Waals surface area contributed by atoms with Crippen molar-refractivity contribution in [2.75, 3.05) is 76.7 Å². The van der Waals surface area contributed by atoms with Crippen molar-refractivity contribution in [3.05, 3.63) is 264 Å². The van der Waals surface area contributed by atoms with Gasteiger partial charge in [0.1, 0.15) is 34.5 Å². The number of nitrogens with one attached hydrogen (secondary N) is 6. The van der Waals surface area contributed by atoms with Gasteiger partial charge in [-0.1, -0.05) is 252 Å². The maximum Gasteiger partial charge on any atom is 0.170 e. The minimum absolute atomic E-state index is 0.248. The summed E-state index contributed by atoms with van der Waals surface area (Å²) in [5.41, 5.74) is 21.7. The van der Waals surface area contributed by atoms with E-state index < -0.39 is 0 Å². The number of fused-ring (bicyclic) bond motifs is 12. The summed E-state index contributed by atoms with van der Waals surface area (Å²) in [5.74, 6) is 5.17. The van der Waals surface area contributed by atoms with E-state index >= 15 is 0 Å². The Labute approximate surface area is 717 Å². The van der Waals surface area contributed by atoms with Gasteiger partial charge in [-0.15, -0.1) is 0 Å². The number of anilines is 3. The average molecular weight is 1630 g/mol. The Morgan fingerprint density at radius 3 is 0.590 bits per heavy atom. The molecule has 0 saturated heterocycles.